The van der Waals surface area contributed by atoms with Crippen molar-refractivity contribution in [3.63, 3.8) is 0 Å². The molecule has 0 saturated carbocycles. The van der Waals surface area contributed by atoms with E-state index in [-0.39, 0.29) is 11.3 Å². The zero-order valence-corrected chi connectivity index (χ0v) is 10.0. The van der Waals surface area contributed by atoms with Gasteiger partial charge in [-0.05, 0) is 17.0 Å². The predicted molar refractivity (Wildman–Crippen MR) is 63.5 cm³/mol. The van der Waals surface area contributed by atoms with E-state index in [4.69, 9.17) is 5.73 Å². The van der Waals surface area contributed by atoms with Crippen LogP contribution in [0.2, 0.25) is 0 Å². The third kappa shape index (κ3) is 3.62. The number of carbonyl (C=O) groups is 1. The Hall–Kier alpha value is -1.42. The predicted octanol–water partition coefficient (Wildman–Crippen LogP) is 1.07. The van der Waals surface area contributed by atoms with Gasteiger partial charge >= 0.3 is 0 Å². The Balaban J connectivity index is 2.48. The van der Waals surface area contributed by atoms with E-state index in [9.17, 15) is 4.79 Å². The van der Waals surface area contributed by atoms with Crippen LogP contribution in [-0.2, 0) is 11.3 Å². The van der Waals surface area contributed by atoms with Crippen LogP contribution in [0.1, 0.15) is 26.3 Å². The van der Waals surface area contributed by atoms with Crippen molar-refractivity contribution >= 4 is 5.91 Å². The van der Waals surface area contributed by atoms with Gasteiger partial charge in [0.25, 0.3) is 0 Å². The first kappa shape index (κ1) is 12.6. The Labute approximate surface area is 96.3 Å². The minimum Gasteiger partial charge on any atom is -0.351 e. The summed E-state index contributed by atoms with van der Waals surface area (Å²) in [6.07, 6.45) is 3.43. The number of carbonyl (C=O) groups excluding carboxylic acids is 1. The molecule has 0 unspecified atom stereocenters. The molecule has 1 atom stereocenters. The number of nitrogens with one attached hydrogen (secondary N) is 1. The third-order valence-corrected chi connectivity index (χ3v) is 2.41. The molecule has 0 aliphatic heterocycles. The van der Waals surface area contributed by atoms with Crippen LogP contribution in [0, 0.1) is 5.41 Å². The second-order valence-corrected chi connectivity index (χ2v) is 4.92. The molecule has 1 aromatic rings. The van der Waals surface area contributed by atoms with E-state index >= 15 is 0 Å². The topological polar surface area (TPSA) is 68.0 Å². The van der Waals surface area contributed by atoms with Crippen LogP contribution in [0.3, 0.4) is 0 Å². The first-order chi connectivity index (χ1) is 7.41. The summed E-state index contributed by atoms with van der Waals surface area (Å²) in [5.74, 6) is -0.128. The third-order valence-electron chi connectivity index (χ3n) is 2.41. The van der Waals surface area contributed by atoms with Crippen molar-refractivity contribution in [2.75, 3.05) is 0 Å². The number of aromatic nitrogens is 1. The maximum Gasteiger partial charge on any atom is 0.237 e. The van der Waals surface area contributed by atoms with Gasteiger partial charge in [-0.25, -0.2) is 0 Å². The lowest BCUT2D eigenvalue weighted by molar-refractivity contribution is -0.124. The SMILES string of the molecule is CC(C)(C)[C@@H](N)C(=O)NCc1cccnc1. The number of pyridine rings is 1. The van der Waals surface area contributed by atoms with Gasteiger partial charge in [0.05, 0.1) is 6.04 Å². The Morgan fingerprint density at radius 3 is 2.75 bits per heavy atom. The summed E-state index contributed by atoms with van der Waals surface area (Å²) in [5, 5.41) is 2.80. The van der Waals surface area contributed by atoms with Gasteiger partial charge in [0.2, 0.25) is 5.91 Å². The molecule has 88 valence electrons. The molecular weight excluding hydrogens is 202 g/mol. The van der Waals surface area contributed by atoms with E-state index < -0.39 is 6.04 Å². The van der Waals surface area contributed by atoms with Gasteiger partial charge in [0.15, 0.2) is 0 Å². The van der Waals surface area contributed by atoms with E-state index in [0.29, 0.717) is 6.54 Å². The largest absolute Gasteiger partial charge is 0.351 e. The molecule has 0 radical (unpaired) electrons. The molecular formula is C12H19N3O. The standard InChI is InChI=1S/C12H19N3O/c1-12(2,3)10(13)11(16)15-8-9-5-4-6-14-7-9/h4-7,10H,8,13H2,1-3H3,(H,15,16)/t10-/m0/s1. The van der Waals surface area contributed by atoms with Crippen LogP contribution < -0.4 is 11.1 Å². The normalized spacial score (nSPS) is 13.2. The summed E-state index contributed by atoms with van der Waals surface area (Å²) in [7, 11) is 0. The van der Waals surface area contributed by atoms with Gasteiger partial charge in [0, 0.05) is 18.9 Å². The van der Waals surface area contributed by atoms with Gasteiger partial charge in [-0.3, -0.25) is 9.78 Å². The molecule has 0 spiro atoms. The van der Waals surface area contributed by atoms with Gasteiger partial charge in [-0.1, -0.05) is 26.8 Å². The second-order valence-electron chi connectivity index (χ2n) is 4.92. The highest BCUT2D eigenvalue weighted by atomic mass is 16.2. The van der Waals surface area contributed by atoms with Crippen LogP contribution in [0.5, 0.6) is 0 Å². The van der Waals surface area contributed by atoms with E-state index in [1.54, 1.807) is 12.4 Å². The summed E-state index contributed by atoms with van der Waals surface area (Å²) in [6.45, 7) is 6.31. The molecule has 1 rings (SSSR count). The number of rotatable bonds is 3. The number of nitrogens with two attached hydrogens (primary N) is 1. The number of hydrogen-bond donors (Lipinski definition) is 2. The molecule has 4 heteroatoms. The first-order valence-corrected chi connectivity index (χ1v) is 5.33. The Bertz CT molecular complexity index is 343. The van der Waals surface area contributed by atoms with E-state index in [2.05, 4.69) is 10.3 Å². The minimum atomic E-state index is -0.496. The quantitative estimate of drug-likeness (QED) is 0.802. The Morgan fingerprint density at radius 1 is 1.56 bits per heavy atom. The molecule has 0 aliphatic carbocycles. The highest BCUT2D eigenvalue weighted by Crippen LogP contribution is 2.17. The molecule has 1 heterocycles. The highest BCUT2D eigenvalue weighted by molar-refractivity contribution is 5.82. The maximum atomic E-state index is 11.7. The molecule has 3 N–H and O–H groups in total. The van der Waals surface area contributed by atoms with Crippen LogP contribution in [0.4, 0.5) is 0 Å². The van der Waals surface area contributed by atoms with E-state index in [1.165, 1.54) is 0 Å². The second kappa shape index (κ2) is 5.07. The van der Waals surface area contributed by atoms with Crippen LogP contribution >= 0.6 is 0 Å². The Kier molecular flexibility index (Phi) is 4.01. The number of nitrogens with zero attached hydrogens (tertiary/aromatic N) is 1. The van der Waals surface area contributed by atoms with Crippen molar-refractivity contribution in [3.8, 4) is 0 Å². The fourth-order valence-corrected chi connectivity index (χ4v) is 1.20. The van der Waals surface area contributed by atoms with Gasteiger partial charge in [-0.15, -0.1) is 0 Å². The zero-order chi connectivity index (χ0) is 12.2. The van der Waals surface area contributed by atoms with Gasteiger partial charge in [0.1, 0.15) is 0 Å². The Morgan fingerprint density at radius 2 is 2.25 bits per heavy atom. The highest BCUT2D eigenvalue weighted by Gasteiger charge is 2.26. The summed E-state index contributed by atoms with van der Waals surface area (Å²) in [4.78, 5) is 15.7. The summed E-state index contributed by atoms with van der Waals surface area (Å²) < 4.78 is 0. The lowest BCUT2D eigenvalue weighted by Crippen LogP contribution is -2.48. The van der Waals surface area contributed by atoms with Gasteiger partial charge < -0.3 is 11.1 Å². The maximum absolute atomic E-state index is 11.7. The van der Waals surface area contributed by atoms with Crippen molar-refractivity contribution in [2.24, 2.45) is 11.1 Å². The van der Waals surface area contributed by atoms with Crippen LogP contribution in [-0.4, -0.2) is 16.9 Å². The summed E-state index contributed by atoms with van der Waals surface area (Å²) >= 11 is 0. The van der Waals surface area contributed by atoms with Crippen molar-refractivity contribution in [2.45, 2.75) is 33.4 Å². The molecule has 0 bridgehead atoms. The molecule has 16 heavy (non-hydrogen) atoms. The molecule has 1 amide bonds. The summed E-state index contributed by atoms with van der Waals surface area (Å²) in [5.41, 5.74) is 6.58. The first-order valence-electron chi connectivity index (χ1n) is 5.33. The van der Waals surface area contributed by atoms with E-state index in [1.807, 2.05) is 32.9 Å². The van der Waals surface area contributed by atoms with E-state index in [0.717, 1.165) is 5.56 Å². The molecule has 0 saturated heterocycles. The molecule has 0 aromatic carbocycles. The smallest absolute Gasteiger partial charge is 0.237 e. The monoisotopic (exact) mass is 221 g/mol. The lowest BCUT2D eigenvalue weighted by Gasteiger charge is -2.25. The van der Waals surface area contributed by atoms with Crippen molar-refractivity contribution in [1.82, 2.24) is 10.3 Å². The zero-order valence-electron chi connectivity index (χ0n) is 10.0. The fraction of sp³-hybridized carbons (Fsp3) is 0.500. The fourth-order valence-electron chi connectivity index (χ4n) is 1.20. The number of hydrogen-bond acceptors (Lipinski definition) is 3. The summed E-state index contributed by atoms with van der Waals surface area (Å²) in [6, 6.07) is 3.25. The van der Waals surface area contributed by atoms with Crippen molar-refractivity contribution < 1.29 is 4.79 Å². The van der Waals surface area contributed by atoms with Crippen LogP contribution in [0.15, 0.2) is 24.5 Å². The average molecular weight is 221 g/mol. The average Bonchev–Trinajstić information content (AvgIpc) is 2.25. The number of amides is 1. The lowest BCUT2D eigenvalue weighted by atomic mass is 9.87. The van der Waals surface area contributed by atoms with Crippen molar-refractivity contribution in [3.05, 3.63) is 30.1 Å². The molecule has 0 aliphatic rings. The van der Waals surface area contributed by atoms with Gasteiger partial charge in [-0.2, -0.15) is 0 Å². The minimum absolute atomic E-state index is 0.128. The molecule has 1 aromatic heterocycles. The molecule has 4 nitrogen and oxygen atoms in total. The van der Waals surface area contributed by atoms with Crippen molar-refractivity contribution in [1.29, 1.82) is 0 Å². The molecule has 0 fully saturated rings. The van der Waals surface area contributed by atoms with Crippen LogP contribution in [0.25, 0.3) is 0 Å².